The third kappa shape index (κ3) is 2.98. The van der Waals surface area contributed by atoms with E-state index in [0.29, 0.717) is 5.56 Å². The maximum absolute atomic E-state index is 11.7. The predicted molar refractivity (Wildman–Crippen MR) is 65.0 cm³/mol. The molecule has 1 aromatic rings. The molecule has 104 valence electrons. The van der Waals surface area contributed by atoms with Crippen molar-refractivity contribution in [2.24, 2.45) is 0 Å². The summed E-state index contributed by atoms with van der Waals surface area (Å²) >= 11 is 0. The number of nitrogens with one attached hydrogen (secondary N) is 1. The summed E-state index contributed by atoms with van der Waals surface area (Å²) in [4.78, 5) is 34.0. The molecule has 0 aliphatic carbocycles. The number of ether oxygens (including phenoxy) is 1. The smallest absolute Gasteiger partial charge is 0.352 e. The standard InChI is InChI=1S/C10H13N2O6P/c1-5-4-12(10(14)11-9(5)13)8-3-7(6(2)17-8)18-19(15)16/h4,6-8H,3H2,1-2H3,(H-,11,13,14,15,16)/p+1/t6-,7?,8-/m1/s1/i2D. The third-order valence-electron chi connectivity index (χ3n) is 2.86. The van der Waals surface area contributed by atoms with Gasteiger partial charge < -0.3 is 4.74 Å². The fourth-order valence-corrected chi connectivity index (χ4v) is 2.35. The van der Waals surface area contributed by atoms with Crippen LogP contribution in [0, 0.1) is 6.92 Å². The lowest BCUT2D eigenvalue weighted by atomic mass is 10.2. The molecular weight excluding hydrogens is 275 g/mol. The Balaban J connectivity index is 2.27. The lowest BCUT2D eigenvalue weighted by Gasteiger charge is -2.13. The molecule has 0 spiro atoms. The van der Waals surface area contributed by atoms with E-state index in [9.17, 15) is 14.2 Å². The number of aryl methyl sites for hydroxylation is 1. The van der Waals surface area contributed by atoms with Gasteiger partial charge in [-0.3, -0.25) is 14.3 Å². The van der Waals surface area contributed by atoms with Crippen LogP contribution >= 0.6 is 8.25 Å². The number of H-pyrrole nitrogens is 1. The van der Waals surface area contributed by atoms with E-state index in [0.717, 1.165) is 0 Å². The number of aromatic nitrogens is 2. The fourth-order valence-electron chi connectivity index (χ4n) is 1.90. The molecule has 1 aliphatic rings. The third-order valence-corrected chi connectivity index (χ3v) is 3.31. The topological polar surface area (TPSA) is 111 Å². The van der Waals surface area contributed by atoms with Gasteiger partial charge in [-0.2, -0.15) is 0 Å². The lowest BCUT2D eigenvalue weighted by Crippen LogP contribution is -2.33. The van der Waals surface area contributed by atoms with E-state index in [2.05, 4.69) is 4.98 Å². The van der Waals surface area contributed by atoms with E-state index in [1.807, 2.05) is 0 Å². The van der Waals surface area contributed by atoms with Gasteiger partial charge in [0.25, 0.3) is 5.56 Å². The van der Waals surface area contributed by atoms with Crippen molar-refractivity contribution in [3.05, 3.63) is 32.6 Å². The van der Waals surface area contributed by atoms with Crippen LogP contribution < -0.4 is 11.2 Å². The molecule has 1 aliphatic heterocycles. The molecule has 0 saturated carbocycles. The van der Waals surface area contributed by atoms with Crippen molar-refractivity contribution in [3.8, 4) is 0 Å². The molecule has 8 nitrogen and oxygen atoms in total. The highest BCUT2D eigenvalue weighted by molar-refractivity contribution is 7.32. The van der Waals surface area contributed by atoms with Gasteiger partial charge in [-0.25, -0.2) is 4.79 Å². The number of rotatable bonds is 3. The van der Waals surface area contributed by atoms with Crippen molar-refractivity contribution in [1.29, 1.82) is 0 Å². The van der Waals surface area contributed by atoms with E-state index >= 15 is 0 Å². The van der Waals surface area contributed by atoms with Crippen molar-refractivity contribution in [1.82, 2.24) is 9.55 Å². The molecule has 1 fully saturated rings. The SMILES string of the molecule is [2H]C[C@H]1O[C@@H](n2cc(C)c(=O)[nH]c2=O)CC1O[P+](=O)O. The first-order valence-electron chi connectivity index (χ1n) is 6.22. The zero-order chi connectivity index (χ0) is 14.9. The van der Waals surface area contributed by atoms with Crippen LogP contribution in [0.1, 0.15) is 26.5 Å². The predicted octanol–water partition coefficient (Wildman–Crippen LogP) is 0.187. The van der Waals surface area contributed by atoms with E-state index in [-0.39, 0.29) is 13.3 Å². The average Bonchev–Trinajstić information content (AvgIpc) is 2.75. The highest BCUT2D eigenvalue weighted by Gasteiger charge is 2.40. The van der Waals surface area contributed by atoms with Crippen LogP contribution in [0.25, 0.3) is 0 Å². The van der Waals surface area contributed by atoms with Gasteiger partial charge in [-0.05, 0) is 13.8 Å². The second-order valence-corrected chi connectivity index (χ2v) is 4.91. The van der Waals surface area contributed by atoms with E-state index in [4.69, 9.17) is 15.5 Å². The van der Waals surface area contributed by atoms with Crippen LogP contribution in [0.3, 0.4) is 0 Å². The number of hydrogen-bond donors (Lipinski definition) is 2. The molecule has 2 unspecified atom stereocenters. The molecule has 0 aromatic carbocycles. The monoisotopic (exact) mass is 290 g/mol. The summed E-state index contributed by atoms with van der Waals surface area (Å²) in [7, 11) is -2.81. The number of hydrogen-bond acceptors (Lipinski definition) is 5. The van der Waals surface area contributed by atoms with Gasteiger partial charge in [0.15, 0.2) is 0 Å². The molecule has 2 rings (SSSR count). The van der Waals surface area contributed by atoms with Crippen molar-refractivity contribution in [2.75, 3.05) is 0 Å². The Kier molecular flexibility index (Phi) is 3.56. The van der Waals surface area contributed by atoms with Crippen molar-refractivity contribution >= 4 is 8.25 Å². The molecule has 19 heavy (non-hydrogen) atoms. The summed E-state index contributed by atoms with van der Waals surface area (Å²) in [6.07, 6.45) is -0.686. The summed E-state index contributed by atoms with van der Waals surface area (Å²) in [5, 5.41) is 0. The van der Waals surface area contributed by atoms with Crippen LogP contribution in [-0.2, 0) is 13.8 Å². The molecule has 9 heteroatoms. The Hall–Kier alpha value is -1.34. The summed E-state index contributed by atoms with van der Waals surface area (Å²) in [6, 6.07) is 0. The molecule has 0 bridgehead atoms. The summed E-state index contributed by atoms with van der Waals surface area (Å²) < 4.78 is 29.5. The Morgan fingerprint density at radius 3 is 3.05 bits per heavy atom. The minimum absolute atomic E-state index is 0.149. The van der Waals surface area contributed by atoms with Gasteiger partial charge in [-0.15, -0.1) is 9.42 Å². The van der Waals surface area contributed by atoms with Gasteiger partial charge in [0.2, 0.25) is 0 Å². The number of aromatic amines is 1. The second-order valence-electron chi connectivity index (χ2n) is 4.23. The zero-order valence-corrected chi connectivity index (χ0v) is 11.0. The lowest BCUT2D eigenvalue weighted by molar-refractivity contribution is -0.00697. The highest BCUT2D eigenvalue weighted by Crippen LogP contribution is 2.34. The Bertz CT molecular complexity index is 629. The Labute approximate surface area is 110 Å². The molecule has 1 aromatic heterocycles. The minimum atomic E-state index is -2.81. The zero-order valence-electron chi connectivity index (χ0n) is 11.1. The maximum atomic E-state index is 11.7. The van der Waals surface area contributed by atoms with Gasteiger partial charge in [-0.1, -0.05) is 0 Å². The van der Waals surface area contributed by atoms with Crippen LogP contribution in [0.4, 0.5) is 0 Å². The fraction of sp³-hybridized carbons (Fsp3) is 0.600. The first kappa shape index (κ1) is 12.7. The maximum Gasteiger partial charge on any atom is 0.695 e. The minimum Gasteiger partial charge on any atom is -0.352 e. The van der Waals surface area contributed by atoms with Gasteiger partial charge >= 0.3 is 13.9 Å². The molecule has 2 N–H and O–H groups in total. The number of nitrogens with zero attached hydrogens (tertiary/aromatic N) is 1. The van der Waals surface area contributed by atoms with E-state index in [1.165, 1.54) is 10.8 Å². The van der Waals surface area contributed by atoms with Crippen LogP contribution in [0.5, 0.6) is 0 Å². The van der Waals surface area contributed by atoms with Crippen LogP contribution in [0.15, 0.2) is 15.8 Å². The largest absolute Gasteiger partial charge is 0.695 e. The quantitative estimate of drug-likeness (QED) is 0.769. The van der Waals surface area contributed by atoms with E-state index in [1.54, 1.807) is 6.92 Å². The first-order valence-corrected chi connectivity index (χ1v) is 6.65. The Morgan fingerprint density at radius 2 is 2.42 bits per heavy atom. The molecule has 2 heterocycles. The second kappa shape index (κ2) is 5.34. The average molecular weight is 290 g/mol. The van der Waals surface area contributed by atoms with Crippen molar-refractivity contribution in [3.63, 3.8) is 0 Å². The summed E-state index contributed by atoms with van der Waals surface area (Å²) in [5.41, 5.74) is -0.774. The molecule has 0 amide bonds. The van der Waals surface area contributed by atoms with E-state index < -0.39 is 37.9 Å². The molecule has 1 saturated heterocycles. The van der Waals surface area contributed by atoms with Gasteiger partial charge in [0, 0.05) is 24.1 Å². The van der Waals surface area contributed by atoms with Crippen LogP contribution in [0.2, 0.25) is 0 Å². The highest BCUT2D eigenvalue weighted by atomic mass is 31.1. The molecule has 0 radical (unpaired) electrons. The van der Waals surface area contributed by atoms with Gasteiger partial charge in [0.1, 0.15) is 12.3 Å². The summed E-state index contributed by atoms with van der Waals surface area (Å²) in [5.74, 6) is 0. The van der Waals surface area contributed by atoms with Crippen molar-refractivity contribution < 1.29 is 20.1 Å². The first-order chi connectivity index (χ1) is 9.42. The molecule has 4 atom stereocenters. The normalized spacial score (nSPS) is 28.2. The Morgan fingerprint density at radius 1 is 1.68 bits per heavy atom. The van der Waals surface area contributed by atoms with Crippen molar-refractivity contribution in [2.45, 2.75) is 38.7 Å². The molecular formula is C10H14N2O6P+. The summed E-state index contributed by atoms with van der Waals surface area (Å²) in [6.45, 7) is 1.38. The van der Waals surface area contributed by atoms with Crippen LogP contribution in [-0.4, -0.2) is 26.7 Å². The van der Waals surface area contributed by atoms with Gasteiger partial charge in [0.05, 0.1) is 6.10 Å².